The van der Waals surface area contributed by atoms with Gasteiger partial charge in [0.15, 0.2) is 6.61 Å². The van der Waals surface area contributed by atoms with Crippen molar-refractivity contribution < 1.29 is 14.6 Å². The Morgan fingerprint density at radius 3 is 2.82 bits per heavy atom. The number of carbonyl (C=O) groups is 1. The van der Waals surface area contributed by atoms with E-state index in [1.54, 1.807) is 0 Å². The number of para-hydroxylation sites is 1. The van der Waals surface area contributed by atoms with Gasteiger partial charge in [0, 0.05) is 11.6 Å². The maximum absolute atomic E-state index is 12.6. The number of nitrogens with one attached hydrogen (secondary N) is 1. The van der Waals surface area contributed by atoms with Gasteiger partial charge in [0.05, 0.1) is 17.7 Å². The Kier molecular flexibility index (Phi) is 5.26. The minimum absolute atomic E-state index is 0.0454. The van der Waals surface area contributed by atoms with Crippen LogP contribution < -0.4 is 10.1 Å². The van der Waals surface area contributed by atoms with E-state index in [-0.39, 0.29) is 30.6 Å². The van der Waals surface area contributed by atoms with Crippen LogP contribution >= 0.6 is 0 Å². The smallest absolute Gasteiger partial charge is 0.258 e. The van der Waals surface area contributed by atoms with Gasteiger partial charge in [0.25, 0.3) is 5.91 Å². The average molecular weight is 376 g/mol. The second-order valence-electron chi connectivity index (χ2n) is 7.50. The first-order valence-corrected chi connectivity index (χ1v) is 9.60. The predicted octanol–water partition coefficient (Wildman–Crippen LogP) is 3.55. The normalized spacial score (nSPS) is 19.6. The van der Waals surface area contributed by atoms with Crippen LogP contribution in [-0.2, 0) is 4.79 Å². The molecule has 0 unspecified atom stereocenters. The molecule has 5 heteroatoms. The van der Waals surface area contributed by atoms with Gasteiger partial charge in [0.2, 0.25) is 0 Å². The van der Waals surface area contributed by atoms with Crippen molar-refractivity contribution in [3.63, 3.8) is 0 Å². The Bertz CT molecular complexity index is 982. The number of pyridine rings is 1. The molecular formula is C23H24N2O3. The average Bonchev–Trinajstić information content (AvgIpc) is 2.68. The molecule has 1 amide bonds. The lowest BCUT2D eigenvalue weighted by atomic mass is 9.75. The summed E-state index contributed by atoms with van der Waals surface area (Å²) in [6, 6.07) is 17.4. The van der Waals surface area contributed by atoms with Gasteiger partial charge in [-0.1, -0.05) is 30.3 Å². The summed E-state index contributed by atoms with van der Waals surface area (Å²) < 4.78 is 5.63. The highest BCUT2D eigenvalue weighted by Gasteiger charge is 2.36. The molecule has 0 saturated heterocycles. The summed E-state index contributed by atoms with van der Waals surface area (Å²) in [5, 5.41) is 13.9. The lowest BCUT2D eigenvalue weighted by Gasteiger charge is -2.38. The minimum atomic E-state index is -0.290. The van der Waals surface area contributed by atoms with E-state index in [2.05, 4.69) is 16.4 Å². The van der Waals surface area contributed by atoms with Crippen molar-refractivity contribution >= 4 is 16.8 Å². The molecule has 0 radical (unpaired) electrons. The third-order valence-corrected chi connectivity index (χ3v) is 5.27. The Morgan fingerprint density at radius 1 is 1.21 bits per heavy atom. The van der Waals surface area contributed by atoms with Gasteiger partial charge in [0.1, 0.15) is 5.75 Å². The van der Waals surface area contributed by atoms with Crippen molar-refractivity contribution in [1.29, 1.82) is 0 Å². The first-order valence-electron chi connectivity index (χ1n) is 9.60. The number of amides is 1. The lowest BCUT2D eigenvalue weighted by Crippen LogP contribution is -2.42. The van der Waals surface area contributed by atoms with E-state index < -0.39 is 0 Å². The molecule has 1 aliphatic carbocycles. The molecule has 1 heterocycles. The number of benzene rings is 2. The van der Waals surface area contributed by atoms with Crippen LogP contribution in [0.15, 0.2) is 60.8 Å². The van der Waals surface area contributed by atoms with E-state index in [1.165, 1.54) is 0 Å². The molecule has 1 atom stereocenters. The number of nitrogens with zero attached hydrogens (tertiary/aromatic N) is 1. The molecule has 2 aromatic carbocycles. The van der Waals surface area contributed by atoms with E-state index in [4.69, 9.17) is 4.74 Å². The molecule has 28 heavy (non-hydrogen) atoms. The maximum Gasteiger partial charge on any atom is 0.258 e. The van der Waals surface area contributed by atoms with Gasteiger partial charge in [-0.3, -0.25) is 9.78 Å². The van der Waals surface area contributed by atoms with Crippen molar-refractivity contribution in [2.75, 3.05) is 6.61 Å². The summed E-state index contributed by atoms with van der Waals surface area (Å²) >= 11 is 0. The SMILES string of the molecule is Cc1cccc(OCC(=O)N[C@H](c2cnc3ccccc3c2)C2CC(O)C2)c1. The number of hydrogen-bond donors (Lipinski definition) is 2. The van der Waals surface area contributed by atoms with Crippen LogP contribution in [0.25, 0.3) is 10.9 Å². The zero-order chi connectivity index (χ0) is 19.5. The van der Waals surface area contributed by atoms with Crippen molar-refractivity contribution in [1.82, 2.24) is 10.3 Å². The molecule has 0 aliphatic heterocycles. The van der Waals surface area contributed by atoms with E-state index >= 15 is 0 Å². The molecular weight excluding hydrogens is 352 g/mol. The van der Waals surface area contributed by atoms with E-state index in [0.29, 0.717) is 18.6 Å². The van der Waals surface area contributed by atoms with Crippen molar-refractivity contribution in [2.24, 2.45) is 5.92 Å². The molecule has 1 aliphatic rings. The summed E-state index contributed by atoms with van der Waals surface area (Å²) in [4.78, 5) is 17.1. The van der Waals surface area contributed by atoms with Gasteiger partial charge in [-0.25, -0.2) is 0 Å². The summed E-state index contributed by atoms with van der Waals surface area (Å²) in [5.74, 6) is 0.695. The molecule has 3 aromatic rings. The predicted molar refractivity (Wildman–Crippen MR) is 108 cm³/mol. The maximum atomic E-state index is 12.6. The molecule has 1 saturated carbocycles. The third kappa shape index (κ3) is 4.15. The van der Waals surface area contributed by atoms with Crippen molar-refractivity contribution in [3.8, 4) is 5.75 Å². The van der Waals surface area contributed by atoms with Crippen LogP contribution in [-0.4, -0.2) is 28.7 Å². The Morgan fingerprint density at radius 2 is 2.04 bits per heavy atom. The largest absolute Gasteiger partial charge is 0.484 e. The summed E-state index contributed by atoms with van der Waals surface area (Å²) in [5.41, 5.74) is 2.97. The second-order valence-corrected chi connectivity index (χ2v) is 7.50. The van der Waals surface area contributed by atoms with E-state index in [0.717, 1.165) is 22.0 Å². The summed E-state index contributed by atoms with van der Waals surface area (Å²) in [6.07, 6.45) is 2.88. The monoisotopic (exact) mass is 376 g/mol. The molecule has 1 fully saturated rings. The van der Waals surface area contributed by atoms with Gasteiger partial charge in [-0.05, 0) is 61.1 Å². The van der Waals surface area contributed by atoms with Crippen molar-refractivity contribution in [2.45, 2.75) is 31.9 Å². The zero-order valence-corrected chi connectivity index (χ0v) is 15.8. The molecule has 0 spiro atoms. The second kappa shape index (κ2) is 7.98. The molecule has 5 nitrogen and oxygen atoms in total. The first kappa shape index (κ1) is 18.4. The number of carbonyl (C=O) groups excluding carboxylic acids is 1. The van der Waals surface area contributed by atoms with Gasteiger partial charge in [-0.2, -0.15) is 0 Å². The highest BCUT2D eigenvalue weighted by atomic mass is 16.5. The van der Waals surface area contributed by atoms with Gasteiger partial charge >= 0.3 is 0 Å². The third-order valence-electron chi connectivity index (χ3n) is 5.27. The fourth-order valence-electron chi connectivity index (χ4n) is 3.70. The van der Waals surface area contributed by atoms with Gasteiger partial charge < -0.3 is 15.2 Å². The number of ether oxygens (including phenoxy) is 1. The number of hydrogen-bond acceptors (Lipinski definition) is 4. The highest BCUT2D eigenvalue weighted by molar-refractivity contribution is 5.80. The van der Waals surface area contributed by atoms with E-state index in [1.807, 2.05) is 61.7 Å². The summed E-state index contributed by atoms with van der Waals surface area (Å²) in [6.45, 7) is 1.94. The molecule has 0 bridgehead atoms. The fourth-order valence-corrected chi connectivity index (χ4v) is 3.70. The van der Waals surface area contributed by atoms with Crippen LogP contribution in [0.4, 0.5) is 0 Å². The quantitative estimate of drug-likeness (QED) is 0.690. The van der Waals surface area contributed by atoms with Gasteiger partial charge in [-0.15, -0.1) is 0 Å². The minimum Gasteiger partial charge on any atom is -0.484 e. The first-order chi connectivity index (χ1) is 13.6. The number of aryl methyl sites for hydroxylation is 1. The topological polar surface area (TPSA) is 71.5 Å². The van der Waals surface area contributed by atoms with E-state index in [9.17, 15) is 9.90 Å². The molecule has 1 aromatic heterocycles. The van der Waals surface area contributed by atoms with Crippen LogP contribution in [0.3, 0.4) is 0 Å². The zero-order valence-electron chi connectivity index (χ0n) is 15.8. The molecule has 144 valence electrons. The van der Waals surface area contributed by atoms with Crippen LogP contribution in [0.1, 0.15) is 30.0 Å². The number of fused-ring (bicyclic) bond motifs is 1. The fraction of sp³-hybridized carbons (Fsp3) is 0.304. The van der Waals surface area contributed by atoms with Crippen LogP contribution in [0.2, 0.25) is 0 Å². The standard InChI is InChI=1S/C23H24N2O3/c1-15-5-4-7-20(9-15)28-14-22(27)25-23(17-11-19(26)12-17)18-10-16-6-2-3-8-21(16)24-13-18/h2-10,13,17,19,23,26H,11-12,14H2,1H3,(H,25,27)/t17?,19?,23-/m0/s1. The van der Waals surface area contributed by atoms with Crippen LogP contribution in [0.5, 0.6) is 5.75 Å². The number of rotatable bonds is 6. The Balaban J connectivity index is 1.48. The Hall–Kier alpha value is -2.92. The summed E-state index contributed by atoms with van der Waals surface area (Å²) in [7, 11) is 0. The molecule has 4 rings (SSSR count). The number of aromatic nitrogens is 1. The van der Waals surface area contributed by atoms with Crippen molar-refractivity contribution in [3.05, 3.63) is 71.9 Å². The van der Waals surface area contributed by atoms with Crippen LogP contribution in [0, 0.1) is 12.8 Å². The number of aliphatic hydroxyl groups is 1. The molecule has 2 N–H and O–H groups in total. The Labute approximate surface area is 164 Å². The lowest BCUT2D eigenvalue weighted by molar-refractivity contribution is -0.125. The highest BCUT2D eigenvalue weighted by Crippen LogP contribution is 2.38. The number of aliphatic hydroxyl groups excluding tert-OH is 1.